The first-order valence-electron chi connectivity index (χ1n) is 9.45. The molecule has 1 aromatic heterocycles. The average Bonchev–Trinajstić information content (AvgIpc) is 2.70. The van der Waals surface area contributed by atoms with Crippen LogP contribution in [0.1, 0.15) is 41.3 Å². The van der Waals surface area contributed by atoms with Crippen LogP contribution in [-0.4, -0.2) is 19.3 Å². The number of sulfonamides is 1. The van der Waals surface area contributed by atoms with Crippen molar-refractivity contribution in [2.45, 2.75) is 25.5 Å². The van der Waals surface area contributed by atoms with Crippen molar-refractivity contribution in [3.63, 3.8) is 0 Å². The third-order valence-corrected chi connectivity index (χ3v) is 5.99. The van der Waals surface area contributed by atoms with E-state index in [0.29, 0.717) is 17.2 Å². The topological polar surface area (TPSA) is 88.2 Å². The number of pyridine rings is 1. The summed E-state index contributed by atoms with van der Waals surface area (Å²) in [5, 5.41) is 2.45. The van der Waals surface area contributed by atoms with Crippen LogP contribution < -0.4 is 10.0 Å². The maximum atomic E-state index is 13.3. The van der Waals surface area contributed by atoms with Crippen LogP contribution in [0.4, 0.5) is 15.9 Å². The van der Waals surface area contributed by atoms with Gasteiger partial charge in [0.1, 0.15) is 11.6 Å². The Bertz CT molecular complexity index is 1200. The molecule has 0 bridgehead atoms. The number of aromatic nitrogens is 1. The summed E-state index contributed by atoms with van der Waals surface area (Å²) in [5.41, 5.74) is 2.24. The van der Waals surface area contributed by atoms with Crippen LogP contribution in [0.25, 0.3) is 0 Å². The van der Waals surface area contributed by atoms with Gasteiger partial charge in [-0.15, -0.1) is 0 Å². The molecule has 0 saturated heterocycles. The molecule has 0 saturated carbocycles. The number of amides is 1. The van der Waals surface area contributed by atoms with E-state index >= 15 is 0 Å². The van der Waals surface area contributed by atoms with Crippen LogP contribution >= 0.6 is 11.6 Å². The molecular weight excluding hydrogens is 441 g/mol. The first kappa shape index (κ1) is 22.7. The van der Waals surface area contributed by atoms with Gasteiger partial charge in [0, 0.05) is 17.4 Å². The number of benzene rings is 2. The molecule has 9 heteroatoms. The quantitative estimate of drug-likeness (QED) is 0.506. The molecule has 31 heavy (non-hydrogen) atoms. The van der Waals surface area contributed by atoms with E-state index in [1.54, 1.807) is 12.1 Å². The van der Waals surface area contributed by atoms with Gasteiger partial charge in [0.2, 0.25) is 10.0 Å². The SMILES string of the molecule is CC(C)c1ccc(CS(=O)(=O)Nc2cc(C(=O)Nc3ccc(F)c(Cl)c3)ccn2)cc1. The first-order chi connectivity index (χ1) is 14.6. The fourth-order valence-corrected chi connectivity index (χ4v) is 4.13. The van der Waals surface area contributed by atoms with Crippen molar-refractivity contribution < 1.29 is 17.6 Å². The third-order valence-electron chi connectivity index (χ3n) is 4.46. The number of rotatable bonds is 7. The number of carbonyl (C=O) groups is 1. The van der Waals surface area contributed by atoms with E-state index < -0.39 is 21.7 Å². The molecular formula is C22H21ClFN3O3S. The van der Waals surface area contributed by atoms with Gasteiger partial charge in [0.25, 0.3) is 5.91 Å². The van der Waals surface area contributed by atoms with E-state index in [1.807, 2.05) is 12.1 Å². The zero-order valence-electron chi connectivity index (χ0n) is 16.9. The lowest BCUT2D eigenvalue weighted by atomic mass is 10.0. The zero-order chi connectivity index (χ0) is 22.6. The number of anilines is 2. The van der Waals surface area contributed by atoms with Gasteiger partial charge in [0.15, 0.2) is 0 Å². The molecule has 0 radical (unpaired) electrons. The molecule has 0 aliphatic heterocycles. The first-order valence-corrected chi connectivity index (χ1v) is 11.5. The second-order valence-electron chi connectivity index (χ2n) is 7.27. The predicted octanol–water partition coefficient (Wildman–Crippen LogP) is 5.19. The van der Waals surface area contributed by atoms with Crippen molar-refractivity contribution in [2.75, 3.05) is 10.0 Å². The Morgan fingerprint density at radius 1 is 1.10 bits per heavy atom. The highest BCUT2D eigenvalue weighted by molar-refractivity contribution is 7.91. The summed E-state index contributed by atoms with van der Waals surface area (Å²) < 4.78 is 40.7. The van der Waals surface area contributed by atoms with Gasteiger partial charge >= 0.3 is 0 Å². The summed E-state index contributed by atoms with van der Waals surface area (Å²) in [4.78, 5) is 16.4. The van der Waals surface area contributed by atoms with Crippen LogP contribution in [0.15, 0.2) is 60.8 Å². The highest BCUT2D eigenvalue weighted by Crippen LogP contribution is 2.21. The highest BCUT2D eigenvalue weighted by atomic mass is 35.5. The van der Waals surface area contributed by atoms with Gasteiger partial charge in [-0.25, -0.2) is 17.8 Å². The Balaban J connectivity index is 1.70. The molecule has 0 fully saturated rings. The lowest BCUT2D eigenvalue weighted by Gasteiger charge is -2.10. The van der Waals surface area contributed by atoms with Crippen LogP contribution in [0.5, 0.6) is 0 Å². The number of carbonyl (C=O) groups excluding carboxylic acids is 1. The highest BCUT2D eigenvalue weighted by Gasteiger charge is 2.15. The standard InChI is InChI=1S/C22H21ClFN3O3S/c1-14(2)16-5-3-15(4-6-16)13-31(29,30)27-21-11-17(9-10-25-21)22(28)26-18-7-8-20(24)19(23)12-18/h3-12,14H,13H2,1-2H3,(H,25,27)(H,26,28). The minimum absolute atomic E-state index is 0.0172. The molecule has 2 aromatic carbocycles. The van der Waals surface area contributed by atoms with Gasteiger partial charge < -0.3 is 5.32 Å². The maximum Gasteiger partial charge on any atom is 0.255 e. The smallest absolute Gasteiger partial charge is 0.255 e. The van der Waals surface area contributed by atoms with Crippen molar-refractivity contribution in [3.8, 4) is 0 Å². The number of hydrogen-bond acceptors (Lipinski definition) is 4. The van der Waals surface area contributed by atoms with E-state index in [9.17, 15) is 17.6 Å². The Morgan fingerprint density at radius 3 is 2.45 bits per heavy atom. The number of nitrogens with zero attached hydrogens (tertiary/aromatic N) is 1. The second-order valence-corrected chi connectivity index (χ2v) is 9.40. The average molecular weight is 462 g/mol. The van der Waals surface area contributed by atoms with E-state index in [-0.39, 0.29) is 22.2 Å². The zero-order valence-corrected chi connectivity index (χ0v) is 18.5. The number of hydrogen-bond donors (Lipinski definition) is 2. The Hall–Kier alpha value is -2.97. The minimum Gasteiger partial charge on any atom is -0.322 e. The molecule has 0 atom stereocenters. The lowest BCUT2D eigenvalue weighted by Crippen LogP contribution is -2.17. The van der Waals surface area contributed by atoms with Gasteiger partial charge in [-0.2, -0.15) is 0 Å². The molecule has 0 unspecified atom stereocenters. The lowest BCUT2D eigenvalue weighted by molar-refractivity contribution is 0.102. The molecule has 162 valence electrons. The Kier molecular flexibility index (Phi) is 6.92. The van der Waals surface area contributed by atoms with Crippen molar-refractivity contribution >= 4 is 39.0 Å². The van der Waals surface area contributed by atoms with E-state index in [1.165, 1.54) is 30.5 Å². The van der Waals surface area contributed by atoms with Crippen molar-refractivity contribution in [2.24, 2.45) is 0 Å². The summed E-state index contributed by atoms with van der Waals surface area (Å²) in [6.45, 7) is 4.12. The fourth-order valence-electron chi connectivity index (χ4n) is 2.82. The summed E-state index contributed by atoms with van der Waals surface area (Å²) in [6.07, 6.45) is 1.32. The molecule has 6 nitrogen and oxygen atoms in total. The molecule has 2 N–H and O–H groups in total. The normalized spacial score (nSPS) is 11.4. The van der Waals surface area contributed by atoms with Gasteiger partial charge in [-0.1, -0.05) is 49.7 Å². The molecule has 0 aliphatic carbocycles. The second kappa shape index (κ2) is 9.45. The van der Waals surface area contributed by atoms with E-state index in [2.05, 4.69) is 28.9 Å². The minimum atomic E-state index is -3.74. The Morgan fingerprint density at radius 2 is 1.81 bits per heavy atom. The van der Waals surface area contributed by atoms with Crippen molar-refractivity contribution in [1.82, 2.24) is 4.98 Å². The summed E-state index contributed by atoms with van der Waals surface area (Å²) in [5.74, 6) is -0.970. The molecule has 1 heterocycles. The van der Waals surface area contributed by atoms with E-state index in [0.717, 1.165) is 11.6 Å². The molecule has 1 amide bonds. The summed E-state index contributed by atoms with van der Waals surface area (Å²) >= 11 is 5.72. The van der Waals surface area contributed by atoms with Gasteiger partial charge in [-0.3, -0.25) is 9.52 Å². The maximum absolute atomic E-state index is 13.3. The number of nitrogens with one attached hydrogen (secondary N) is 2. The largest absolute Gasteiger partial charge is 0.322 e. The third kappa shape index (κ3) is 6.26. The van der Waals surface area contributed by atoms with Crippen LogP contribution in [-0.2, 0) is 15.8 Å². The van der Waals surface area contributed by atoms with Gasteiger partial charge in [0.05, 0.1) is 10.8 Å². The molecule has 0 aliphatic rings. The van der Waals surface area contributed by atoms with Gasteiger partial charge in [-0.05, 0) is 47.4 Å². The molecule has 3 rings (SSSR count). The number of halogens is 2. The van der Waals surface area contributed by atoms with Crippen molar-refractivity contribution in [1.29, 1.82) is 0 Å². The summed E-state index contributed by atoms with van der Waals surface area (Å²) in [7, 11) is -3.74. The summed E-state index contributed by atoms with van der Waals surface area (Å²) in [6, 6.07) is 13.9. The van der Waals surface area contributed by atoms with Crippen molar-refractivity contribution in [3.05, 3.63) is 88.3 Å². The Labute approximate surface area is 185 Å². The molecule has 3 aromatic rings. The monoisotopic (exact) mass is 461 g/mol. The van der Waals surface area contributed by atoms with Crippen LogP contribution in [0, 0.1) is 5.82 Å². The van der Waals surface area contributed by atoms with E-state index in [4.69, 9.17) is 11.6 Å². The molecule has 0 spiro atoms. The fraction of sp³-hybridized carbons (Fsp3) is 0.182. The predicted molar refractivity (Wildman–Crippen MR) is 120 cm³/mol. The van der Waals surface area contributed by atoms with Crippen LogP contribution in [0.3, 0.4) is 0 Å². The van der Waals surface area contributed by atoms with Crippen LogP contribution in [0.2, 0.25) is 5.02 Å².